The minimum atomic E-state index is -1.34. The van der Waals surface area contributed by atoms with E-state index in [1.54, 1.807) is 5.19 Å². The van der Waals surface area contributed by atoms with E-state index in [4.69, 9.17) is 9.47 Å². The van der Waals surface area contributed by atoms with Crippen LogP contribution in [0.15, 0.2) is 30.3 Å². The van der Waals surface area contributed by atoms with Crippen LogP contribution in [0.5, 0.6) is 0 Å². The van der Waals surface area contributed by atoms with Gasteiger partial charge >= 0.3 is 0 Å². The zero-order chi connectivity index (χ0) is 15.6. The summed E-state index contributed by atoms with van der Waals surface area (Å²) in [6.45, 7) is 13.0. The first-order valence-electron chi connectivity index (χ1n) is 8.06. The van der Waals surface area contributed by atoms with Crippen LogP contribution in [0.2, 0.25) is 19.1 Å². The summed E-state index contributed by atoms with van der Waals surface area (Å²) in [4.78, 5) is 0. The van der Waals surface area contributed by atoms with Crippen molar-refractivity contribution in [3.63, 3.8) is 0 Å². The third-order valence-corrected chi connectivity index (χ3v) is 8.02. The van der Waals surface area contributed by atoms with Crippen molar-refractivity contribution >= 4 is 13.3 Å². The summed E-state index contributed by atoms with van der Waals surface area (Å²) in [5, 5.41) is 1.54. The highest BCUT2D eigenvalue weighted by atomic mass is 28.3. The van der Waals surface area contributed by atoms with E-state index in [2.05, 4.69) is 64.2 Å². The van der Waals surface area contributed by atoms with Crippen LogP contribution < -0.4 is 5.19 Å². The summed E-state index contributed by atoms with van der Waals surface area (Å²) in [6, 6.07) is 12.2. The molecule has 1 aromatic rings. The predicted octanol–water partition coefficient (Wildman–Crippen LogP) is 4.17. The van der Waals surface area contributed by atoms with Gasteiger partial charge in [-0.3, -0.25) is 0 Å². The Morgan fingerprint density at radius 1 is 1.00 bits per heavy atom. The van der Waals surface area contributed by atoms with Crippen LogP contribution in [-0.4, -0.2) is 27.1 Å². The lowest BCUT2D eigenvalue weighted by Gasteiger charge is -2.41. The Hall–Kier alpha value is -0.643. The lowest BCUT2D eigenvalue weighted by atomic mass is 9.94. The van der Waals surface area contributed by atoms with Crippen molar-refractivity contribution in [2.45, 2.75) is 58.5 Å². The zero-order valence-corrected chi connectivity index (χ0v) is 15.2. The quantitative estimate of drug-likeness (QED) is 0.760. The minimum absolute atomic E-state index is 0.150. The van der Waals surface area contributed by atoms with Crippen LogP contribution in [0.25, 0.3) is 0 Å². The van der Waals surface area contributed by atoms with Gasteiger partial charge in [-0.15, -0.1) is 0 Å². The Morgan fingerprint density at radius 2 is 1.57 bits per heavy atom. The van der Waals surface area contributed by atoms with Gasteiger partial charge in [-0.05, 0) is 6.92 Å². The molecule has 0 saturated carbocycles. The molecule has 2 rings (SSSR count). The summed E-state index contributed by atoms with van der Waals surface area (Å²) in [6.07, 6.45) is 2.16. The molecule has 2 nitrogen and oxygen atoms in total. The second-order valence-electron chi connectivity index (χ2n) is 7.98. The molecule has 0 spiro atoms. The predicted molar refractivity (Wildman–Crippen MR) is 91.7 cm³/mol. The van der Waals surface area contributed by atoms with Gasteiger partial charge in [0.1, 0.15) is 0 Å². The Kier molecular flexibility index (Phi) is 4.96. The highest BCUT2D eigenvalue weighted by Crippen LogP contribution is 2.32. The molecule has 0 radical (unpaired) electrons. The summed E-state index contributed by atoms with van der Waals surface area (Å²) >= 11 is 0. The molecule has 1 aromatic carbocycles. The van der Waals surface area contributed by atoms with Crippen molar-refractivity contribution < 1.29 is 9.47 Å². The molecule has 0 aliphatic carbocycles. The van der Waals surface area contributed by atoms with Gasteiger partial charge < -0.3 is 9.47 Å². The van der Waals surface area contributed by atoms with Gasteiger partial charge in [-0.1, -0.05) is 74.9 Å². The Labute approximate surface area is 130 Å². The SMILES string of the molecule is CC1(C)COC(C)(CCC[Si](C)(C)c2ccccc2)OC1. The molecule has 0 aromatic heterocycles. The first-order valence-corrected chi connectivity index (χ1v) is 11.3. The van der Waals surface area contributed by atoms with E-state index in [0.29, 0.717) is 0 Å². The lowest BCUT2D eigenvalue weighted by Crippen LogP contribution is -2.46. The van der Waals surface area contributed by atoms with Crippen LogP contribution in [0, 0.1) is 5.41 Å². The summed E-state index contributed by atoms with van der Waals surface area (Å²) < 4.78 is 12.0. The average Bonchev–Trinajstić information content (AvgIpc) is 2.44. The molecule has 118 valence electrons. The molecular weight excluding hydrogens is 276 g/mol. The highest BCUT2D eigenvalue weighted by molar-refractivity contribution is 6.89. The molecule has 1 saturated heterocycles. The van der Waals surface area contributed by atoms with Gasteiger partial charge in [-0.25, -0.2) is 0 Å². The van der Waals surface area contributed by atoms with Crippen LogP contribution >= 0.6 is 0 Å². The topological polar surface area (TPSA) is 18.5 Å². The average molecular weight is 307 g/mol. The van der Waals surface area contributed by atoms with Crippen LogP contribution in [-0.2, 0) is 9.47 Å². The molecule has 0 atom stereocenters. The van der Waals surface area contributed by atoms with Gasteiger partial charge in [0, 0.05) is 11.8 Å². The van der Waals surface area contributed by atoms with E-state index >= 15 is 0 Å². The molecule has 0 unspecified atom stereocenters. The fourth-order valence-electron chi connectivity index (χ4n) is 2.81. The number of hydrogen-bond acceptors (Lipinski definition) is 2. The fourth-order valence-corrected chi connectivity index (χ4v) is 5.25. The molecule has 3 heteroatoms. The molecule has 1 aliphatic rings. The highest BCUT2D eigenvalue weighted by Gasteiger charge is 2.36. The second-order valence-corrected chi connectivity index (χ2v) is 12.8. The Balaban J connectivity index is 1.84. The summed E-state index contributed by atoms with van der Waals surface area (Å²) in [7, 11) is -1.34. The number of hydrogen-bond donors (Lipinski definition) is 0. The van der Waals surface area contributed by atoms with Gasteiger partial charge in [0.25, 0.3) is 0 Å². The Morgan fingerprint density at radius 3 is 2.14 bits per heavy atom. The largest absolute Gasteiger partial charge is 0.350 e. The van der Waals surface area contributed by atoms with Crippen LogP contribution in [0.4, 0.5) is 0 Å². The van der Waals surface area contributed by atoms with E-state index in [9.17, 15) is 0 Å². The molecule has 0 bridgehead atoms. The first kappa shape index (κ1) is 16.7. The summed E-state index contributed by atoms with van der Waals surface area (Å²) in [5.41, 5.74) is 0.150. The minimum Gasteiger partial charge on any atom is -0.350 e. The monoisotopic (exact) mass is 306 g/mol. The molecule has 0 N–H and O–H groups in total. The van der Waals surface area contributed by atoms with Gasteiger partial charge in [0.15, 0.2) is 5.79 Å². The molecule has 1 aliphatic heterocycles. The second kappa shape index (κ2) is 6.23. The van der Waals surface area contributed by atoms with E-state index in [1.807, 2.05) is 0 Å². The van der Waals surface area contributed by atoms with Crippen molar-refractivity contribution in [2.24, 2.45) is 5.41 Å². The van der Waals surface area contributed by atoms with Crippen molar-refractivity contribution in [3.05, 3.63) is 30.3 Å². The zero-order valence-electron chi connectivity index (χ0n) is 14.2. The third-order valence-electron chi connectivity index (χ3n) is 4.52. The van der Waals surface area contributed by atoms with Crippen molar-refractivity contribution in [1.29, 1.82) is 0 Å². The van der Waals surface area contributed by atoms with Crippen molar-refractivity contribution in [2.75, 3.05) is 13.2 Å². The standard InChI is InChI=1S/C18H30O2Si/c1-17(2)14-19-18(3,20-15-17)12-9-13-21(4,5)16-10-7-6-8-11-16/h6-8,10-11H,9,12-15H2,1-5H3. The van der Waals surface area contributed by atoms with Crippen LogP contribution in [0.1, 0.15) is 33.6 Å². The smallest absolute Gasteiger partial charge is 0.165 e. The molecule has 1 fully saturated rings. The normalized spacial score (nSPS) is 21.2. The maximum atomic E-state index is 5.99. The number of ether oxygens (including phenoxy) is 2. The van der Waals surface area contributed by atoms with E-state index in [0.717, 1.165) is 19.6 Å². The maximum absolute atomic E-state index is 5.99. The number of rotatable bonds is 5. The fraction of sp³-hybridized carbons (Fsp3) is 0.667. The summed E-state index contributed by atoms with van der Waals surface area (Å²) in [5.74, 6) is -0.378. The first-order chi connectivity index (χ1) is 9.73. The van der Waals surface area contributed by atoms with Gasteiger partial charge in [0.05, 0.1) is 21.3 Å². The number of benzene rings is 1. The van der Waals surface area contributed by atoms with Gasteiger partial charge in [0.2, 0.25) is 0 Å². The van der Waals surface area contributed by atoms with Crippen LogP contribution in [0.3, 0.4) is 0 Å². The van der Waals surface area contributed by atoms with E-state index in [-0.39, 0.29) is 11.2 Å². The molecule has 1 heterocycles. The van der Waals surface area contributed by atoms with Crippen molar-refractivity contribution in [1.82, 2.24) is 0 Å². The molecule has 0 amide bonds. The maximum Gasteiger partial charge on any atom is 0.165 e. The van der Waals surface area contributed by atoms with Gasteiger partial charge in [-0.2, -0.15) is 0 Å². The molecular formula is C18H30O2Si. The van der Waals surface area contributed by atoms with E-state index in [1.165, 1.54) is 12.5 Å². The molecule has 21 heavy (non-hydrogen) atoms. The third kappa shape index (κ3) is 4.66. The lowest BCUT2D eigenvalue weighted by molar-refractivity contribution is -0.291. The van der Waals surface area contributed by atoms with Crippen molar-refractivity contribution in [3.8, 4) is 0 Å². The Bertz CT molecular complexity index is 444. The van der Waals surface area contributed by atoms with E-state index < -0.39 is 8.07 Å².